The average Bonchev–Trinajstić information content (AvgIpc) is 2.61. The van der Waals surface area contributed by atoms with Crippen LogP contribution in [-0.2, 0) is 13.1 Å². The highest BCUT2D eigenvalue weighted by atomic mass is 127. The smallest absolute Gasteiger partial charge is 0.250 e. The van der Waals surface area contributed by atoms with Crippen molar-refractivity contribution in [2.24, 2.45) is 4.99 Å². The molecule has 1 heterocycles. The van der Waals surface area contributed by atoms with E-state index in [1.807, 2.05) is 30.5 Å². The summed E-state index contributed by atoms with van der Waals surface area (Å²) in [4.78, 5) is 16.2. The van der Waals surface area contributed by atoms with Crippen molar-refractivity contribution in [1.82, 2.24) is 15.2 Å². The summed E-state index contributed by atoms with van der Waals surface area (Å²) in [6.07, 6.45) is 3.77. The van der Waals surface area contributed by atoms with Gasteiger partial charge < -0.3 is 15.2 Å². The maximum atomic E-state index is 11.6. The molecule has 0 radical (unpaired) electrons. The number of guanidine groups is 1. The maximum absolute atomic E-state index is 11.6. The molecule has 0 amide bonds. The highest BCUT2D eigenvalue weighted by Gasteiger charge is 1.98. The Kier molecular flexibility index (Phi) is 10.6. The molecule has 2 rings (SSSR count). The van der Waals surface area contributed by atoms with Crippen LogP contribution in [0.15, 0.2) is 64.5 Å². The monoisotopic (exact) mass is 454 g/mol. The predicted molar refractivity (Wildman–Crippen MR) is 115 cm³/mol. The Morgan fingerprint density at radius 3 is 2.52 bits per heavy atom. The number of aromatic nitrogens is 1. The van der Waals surface area contributed by atoms with Crippen molar-refractivity contribution in [2.45, 2.75) is 32.9 Å². The number of unbranched alkanes of at least 4 members (excludes halogenated alkanes) is 1. The molecule has 0 aliphatic carbocycles. The predicted octanol–water partition coefficient (Wildman–Crippen LogP) is 3.00. The number of nitrogens with one attached hydrogen (secondary N) is 2. The highest BCUT2D eigenvalue weighted by molar-refractivity contribution is 14.0. The molecule has 0 bridgehead atoms. The topological polar surface area (TPSA) is 58.4 Å². The Hall–Kier alpha value is -1.83. The number of hydrogen-bond acceptors (Lipinski definition) is 2. The number of halogens is 1. The van der Waals surface area contributed by atoms with Crippen molar-refractivity contribution < 1.29 is 0 Å². The molecule has 0 saturated heterocycles. The van der Waals surface area contributed by atoms with Crippen LogP contribution in [0.25, 0.3) is 0 Å². The van der Waals surface area contributed by atoms with E-state index < -0.39 is 0 Å². The van der Waals surface area contributed by atoms with Crippen LogP contribution in [-0.4, -0.2) is 23.6 Å². The van der Waals surface area contributed by atoms with Crippen molar-refractivity contribution in [3.63, 3.8) is 0 Å². The van der Waals surface area contributed by atoms with Gasteiger partial charge >= 0.3 is 0 Å². The number of aliphatic imine (C=N–C) groups is 1. The van der Waals surface area contributed by atoms with E-state index >= 15 is 0 Å². The van der Waals surface area contributed by atoms with Crippen LogP contribution in [0.2, 0.25) is 0 Å². The molecule has 0 aliphatic rings. The summed E-state index contributed by atoms with van der Waals surface area (Å²) in [6, 6.07) is 15.5. The van der Waals surface area contributed by atoms with Gasteiger partial charge in [0.15, 0.2) is 5.96 Å². The molecule has 0 spiro atoms. The maximum Gasteiger partial charge on any atom is 0.250 e. The molecule has 1 aromatic heterocycles. The van der Waals surface area contributed by atoms with Gasteiger partial charge in [-0.1, -0.05) is 36.4 Å². The minimum absolute atomic E-state index is 0. The minimum atomic E-state index is 0. The first-order valence-electron chi connectivity index (χ1n) is 8.51. The molecule has 2 N–H and O–H groups in total. The molecule has 5 nitrogen and oxygen atoms in total. The van der Waals surface area contributed by atoms with Gasteiger partial charge in [0.05, 0.1) is 6.54 Å². The molecule has 2 aromatic rings. The second kappa shape index (κ2) is 12.5. The molecule has 0 saturated carbocycles. The van der Waals surface area contributed by atoms with Gasteiger partial charge in [0.25, 0.3) is 0 Å². The third kappa shape index (κ3) is 8.20. The van der Waals surface area contributed by atoms with Crippen LogP contribution < -0.4 is 16.2 Å². The number of benzene rings is 1. The van der Waals surface area contributed by atoms with Crippen molar-refractivity contribution in [2.75, 3.05) is 13.1 Å². The Morgan fingerprint density at radius 1 is 1.04 bits per heavy atom. The third-order valence-electron chi connectivity index (χ3n) is 3.62. The van der Waals surface area contributed by atoms with E-state index in [0.29, 0.717) is 6.54 Å². The van der Waals surface area contributed by atoms with Crippen LogP contribution in [0.3, 0.4) is 0 Å². The Balaban J connectivity index is 0.00000312. The number of nitrogens with zero attached hydrogens (tertiary/aromatic N) is 2. The number of aryl methyl sites for hydroxylation is 1. The molecule has 0 fully saturated rings. The van der Waals surface area contributed by atoms with Crippen LogP contribution in [0.4, 0.5) is 0 Å². The molecule has 1 aromatic carbocycles. The highest BCUT2D eigenvalue weighted by Crippen LogP contribution is 2.00. The first-order chi connectivity index (χ1) is 11.8. The molecular formula is C19H27IN4O. The molecule has 0 aliphatic heterocycles. The number of pyridine rings is 1. The summed E-state index contributed by atoms with van der Waals surface area (Å²) in [5, 5.41) is 6.60. The van der Waals surface area contributed by atoms with Crippen molar-refractivity contribution in [3.05, 3.63) is 70.6 Å². The van der Waals surface area contributed by atoms with Gasteiger partial charge in [-0.05, 0) is 31.4 Å². The lowest BCUT2D eigenvalue weighted by Gasteiger charge is -2.11. The lowest BCUT2D eigenvalue weighted by molar-refractivity contribution is 0.585. The van der Waals surface area contributed by atoms with Crippen LogP contribution in [0, 0.1) is 0 Å². The summed E-state index contributed by atoms with van der Waals surface area (Å²) >= 11 is 0. The van der Waals surface area contributed by atoms with Crippen LogP contribution in [0.1, 0.15) is 25.3 Å². The van der Waals surface area contributed by atoms with Crippen molar-refractivity contribution in [1.29, 1.82) is 0 Å². The summed E-state index contributed by atoms with van der Waals surface area (Å²) in [6.45, 7) is 5.14. The molecule has 25 heavy (non-hydrogen) atoms. The summed E-state index contributed by atoms with van der Waals surface area (Å²) < 4.78 is 1.74. The van der Waals surface area contributed by atoms with Crippen LogP contribution in [0.5, 0.6) is 0 Å². The van der Waals surface area contributed by atoms with E-state index in [0.717, 1.165) is 38.4 Å². The third-order valence-corrected chi connectivity index (χ3v) is 3.62. The zero-order valence-electron chi connectivity index (χ0n) is 14.6. The van der Waals surface area contributed by atoms with E-state index in [1.54, 1.807) is 16.7 Å². The fourth-order valence-electron chi connectivity index (χ4n) is 2.35. The normalized spacial score (nSPS) is 10.8. The standard InChI is InChI=1S/C19H26N4O.HI/c1-2-20-19(22-16-17-10-4-3-5-11-17)21-13-7-9-15-23-14-8-6-12-18(23)24;/h3-6,8,10-12,14H,2,7,9,13,15-16H2,1H3,(H2,20,21,22);1H. The lowest BCUT2D eigenvalue weighted by Crippen LogP contribution is -2.37. The van der Waals surface area contributed by atoms with E-state index in [1.165, 1.54) is 5.56 Å². The quantitative estimate of drug-likeness (QED) is 0.279. The molecule has 136 valence electrons. The zero-order chi connectivity index (χ0) is 17.0. The summed E-state index contributed by atoms with van der Waals surface area (Å²) in [5.74, 6) is 0.832. The molecular weight excluding hydrogens is 427 g/mol. The first kappa shape index (κ1) is 21.2. The molecule has 0 unspecified atom stereocenters. The SMILES string of the molecule is CCNC(=NCc1ccccc1)NCCCCn1ccccc1=O.I. The Bertz CT molecular complexity index is 685. The van der Waals surface area contributed by atoms with Gasteiger partial charge in [-0.25, -0.2) is 4.99 Å². The van der Waals surface area contributed by atoms with Gasteiger partial charge in [0.1, 0.15) is 0 Å². The van der Waals surface area contributed by atoms with Gasteiger partial charge in [0, 0.05) is 31.9 Å². The van der Waals surface area contributed by atoms with Gasteiger partial charge in [-0.3, -0.25) is 4.79 Å². The molecule has 6 heteroatoms. The van der Waals surface area contributed by atoms with E-state index in [9.17, 15) is 4.79 Å². The van der Waals surface area contributed by atoms with Crippen molar-refractivity contribution in [3.8, 4) is 0 Å². The Morgan fingerprint density at radius 2 is 1.80 bits per heavy atom. The minimum Gasteiger partial charge on any atom is -0.357 e. The number of rotatable bonds is 8. The number of hydrogen-bond donors (Lipinski definition) is 2. The zero-order valence-corrected chi connectivity index (χ0v) is 17.0. The van der Waals surface area contributed by atoms with E-state index in [4.69, 9.17) is 0 Å². The second-order valence-corrected chi connectivity index (χ2v) is 5.55. The fraction of sp³-hybridized carbons (Fsp3) is 0.368. The van der Waals surface area contributed by atoms with Gasteiger partial charge in [-0.15, -0.1) is 24.0 Å². The van der Waals surface area contributed by atoms with E-state index in [2.05, 4.69) is 34.7 Å². The molecule has 0 atom stereocenters. The average molecular weight is 454 g/mol. The van der Waals surface area contributed by atoms with Gasteiger partial charge in [0.2, 0.25) is 5.56 Å². The van der Waals surface area contributed by atoms with E-state index in [-0.39, 0.29) is 29.5 Å². The second-order valence-electron chi connectivity index (χ2n) is 5.55. The summed E-state index contributed by atoms with van der Waals surface area (Å²) in [7, 11) is 0. The van der Waals surface area contributed by atoms with Crippen LogP contribution >= 0.6 is 24.0 Å². The van der Waals surface area contributed by atoms with Crippen molar-refractivity contribution >= 4 is 29.9 Å². The fourth-order valence-corrected chi connectivity index (χ4v) is 2.35. The lowest BCUT2D eigenvalue weighted by atomic mass is 10.2. The van der Waals surface area contributed by atoms with Gasteiger partial charge in [-0.2, -0.15) is 0 Å². The Labute approximate surface area is 166 Å². The largest absolute Gasteiger partial charge is 0.357 e. The summed E-state index contributed by atoms with van der Waals surface area (Å²) in [5.41, 5.74) is 1.25. The first-order valence-corrected chi connectivity index (χ1v) is 8.51.